The molecule has 1 fully saturated rings. The lowest BCUT2D eigenvalue weighted by molar-refractivity contribution is 0.191. The summed E-state index contributed by atoms with van der Waals surface area (Å²) in [6.45, 7) is 4.73. The summed E-state index contributed by atoms with van der Waals surface area (Å²) in [5, 5.41) is 3.84. The van der Waals surface area contributed by atoms with Gasteiger partial charge in [-0.05, 0) is 42.1 Å². The number of fused-ring (bicyclic) bond motifs is 1. The van der Waals surface area contributed by atoms with E-state index in [-0.39, 0.29) is 5.82 Å². The Hall–Kier alpha value is -0.540. The van der Waals surface area contributed by atoms with Crippen molar-refractivity contribution in [1.82, 2.24) is 5.32 Å². The summed E-state index contributed by atoms with van der Waals surface area (Å²) in [5.74, 6) is 2.48. The average Bonchev–Trinajstić information content (AvgIpc) is 2.45. The molecule has 20 heavy (non-hydrogen) atoms. The van der Waals surface area contributed by atoms with Crippen LogP contribution < -0.4 is 5.32 Å². The van der Waals surface area contributed by atoms with Crippen LogP contribution in [0.3, 0.4) is 0 Å². The van der Waals surface area contributed by atoms with Gasteiger partial charge in [-0.1, -0.05) is 38.8 Å². The molecule has 3 heteroatoms. The molecule has 1 heterocycles. The Morgan fingerprint density at radius 1 is 1.20 bits per heavy atom. The van der Waals surface area contributed by atoms with E-state index in [1.807, 2.05) is 6.07 Å². The highest BCUT2D eigenvalue weighted by atomic mass is 32.2. The van der Waals surface area contributed by atoms with Gasteiger partial charge < -0.3 is 5.32 Å². The average molecular weight is 293 g/mol. The standard InChI is InChI=1S/C17H24FNS/c1-11-5-3-8-15(12(11)2)19-16-9-10-20-17-13(16)6-4-7-14(17)18/h4,6-7,11-12,15-16,19H,3,5,8-10H2,1-2H3. The van der Waals surface area contributed by atoms with Crippen LogP contribution in [0.1, 0.15) is 51.1 Å². The highest BCUT2D eigenvalue weighted by Gasteiger charge is 2.31. The van der Waals surface area contributed by atoms with Gasteiger partial charge in [0.2, 0.25) is 0 Å². The SMILES string of the molecule is CC1CCCC(NC2CCSc3c(F)cccc32)C1C. The number of thioether (sulfide) groups is 1. The second-order valence-electron chi connectivity index (χ2n) is 6.39. The first-order valence-electron chi connectivity index (χ1n) is 7.84. The normalized spacial score (nSPS) is 33.8. The quantitative estimate of drug-likeness (QED) is 0.842. The summed E-state index contributed by atoms with van der Waals surface area (Å²) in [6.07, 6.45) is 5.05. The monoisotopic (exact) mass is 293 g/mol. The van der Waals surface area contributed by atoms with Crippen molar-refractivity contribution >= 4 is 11.8 Å². The minimum Gasteiger partial charge on any atom is -0.307 e. The number of benzene rings is 1. The van der Waals surface area contributed by atoms with Gasteiger partial charge in [-0.25, -0.2) is 4.39 Å². The molecule has 2 aliphatic rings. The van der Waals surface area contributed by atoms with Crippen molar-refractivity contribution in [2.24, 2.45) is 11.8 Å². The lowest BCUT2D eigenvalue weighted by Gasteiger charge is -2.38. The van der Waals surface area contributed by atoms with Crippen LogP contribution in [0.2, 0.25) is 0 Å². The zero-order valence-corrected chi connectivity index (χ0v) is 13.2. The zero-order chi connectivity index (χ0) is 14.1. The summed E-state index contributed by atoms with van der Waals surface area (Å²) < 4.78 is 13.9. The minimum absolute atomic E-state index is 0.0518. The second-order valence-corrected chi connectivity index (χ2v) is 7.49. The third kappa shape index (κ3) is 2.75. The Morgan fingerprint density at radius 3 is 2.90 bits per heavy atom. The van der Waals surface area contributed by atoms with Gasteiger partial charge in [-0.2, -0.15) is 0 Å². The molecule has 4 unspecified atom stereocenters. The molecule has 0 spiro atoms. The van der Waals surface area contributed by atoms with E-state index in [4.69, 9.17) is 0 Å². The molecular formula is C17H24FNS. The maximum Gasteiger partial charge on any atom is 0.137 e. The molecule has 1 aromatic carbocycles. The molecule has 0 radical (unpaired) electrons. The summed E-state index contributed by atoms with van der Waals surface area (Å²) in [7, 11) is 0. The van der Waals surface area contributed by atoms with Gasteiger partial charge in [0, 0.05) is 17.0 Å². The van der Waals surface area contributed by atoms with Crippen molar-refractivity contribution in [2.75, 3.05) is 5.75 Å². The Labute approximate surface area is 125 Å². The number of hydrogen-bond donors (Lipinski definition) is 1. The smallest absolute Gasteiger partial charge is 0.137 e. The van der Waals surface area contributed by atoms with Crippen molar-refractivity contribution in [3.8, 4) is 0 Å². The Kier molecular flexibility index (Phi) is 4.37. The predicted molar refractivity (Wildman–Crippen MR) is 83.6 cm³/mol. The Balaban J connectivity index is 1.78. The second kappa shape index (κ2) is 6.07. The summed E-state index contributed by atoms with van der Waals surface area (Å²) in [5.41, 5.74) is 1.17. The molecule has 0 bridgehead atoms. The third-order valence-electron chi connectivity index (χ3n) is 5.15. The van der Waals surface area contributed by atoms with Crippen molar-refractivity contribution in [3.63, 3.8) is 0 Å². The van der Waals surface area contributed by atoms with Crippen LogP contribution in [-0.4, -0.2) is 11.8 Å². The van der Waals surface area contributed by atoms with E-state index in [2.05, 4.69) is 25.2 Å². The summed E-state index contributed by atoms with van der Waals surface area (Å²) >= 11 is 1.67. The van der Waals surface area contributed by atoms with Gasteiger partial charge in [0.25, 0.3) is 0 Å². The highest BCUT2D eigenvalue weighted by Crippen LogP contribution is 2.39. The molecule has 1 nitrogen and oxygen atoms in total. The fourth-order valence-electron chi connectivity index (χ4n) is 3.64. The van der Waals surface area contributed by atoms with Crippen LogP contribution in [0.15, 0.2) is 23.1 Å². The lowest BCUT2D eigenvalue weighted by Crippen LogP contribution is -2.43. The zero-order valence-electron chi connectivity index (χ0n) is 12.4. The maximum atomic E-state index is 13.9. The van der Waals surface area contributed by atoms with Crippen LogP contribution in [0.4, 0.5) is 4.39 Å². The van der Waals surface area contributed by atoms with E-state index in [1.165, 1.54) is 24.8 Å². The van der Waals surface area contributed by atoms with Crippen LogP contribution in [0.5, 0.6) is 0 Å². The Bertz CT molecular complexity index is 476. The first kappa shape index (κ1) is 14.4. The lowest BCUT2D eigenvalue weighted by atomic mass is 9.77. The molecule has 4 atom stereocenters. The molecule has 1 aliphatic heterocycles. The number of nitrogens with one attached hydrogen (secondary N) is 1. The van der Waals surface area contributed by atoms with Gasteiger partial charge in [0.05, 0.1) is 0 Å². The van der Waals surface area contributed by atoms with Crippen LogP contribution in [-0.2, 0) is 0 Å². The number of rotatable bonds is 2. The number of halogens is 1. The molecule has 0 amide bonds. The van der Waals surface area contributed by atoms with E-state index in [0.29, 0.717) is 12.1 Å². The van der Waals surface area contributed by atoms with Gasteiger partial charge in [0.15, 0.2) is 0 Å². The van der Waals surface area contributed by atoms with Crippen molar-refractivity contribution in [1.29, 1.82) is 0 Å². The molecule has 0 saturated heterocycles. The fourth-order valence-corrected chi connectivity index (χ4v) is 4.78. The van der Waals surface area contributed by atoms with Gasteiger partial charge in [-0.3, -0.25) is 0 Å². The van der Waals surface area contributed by atoms with Crippen LogP contribution >= 0.6 is 11.8 Å². The molecular weight excluding hydrogens is 269 g/mol. The first-order chi connectivity index (χ1) is 9.66. The molecule has 1 aliphatic carbocycles. The van der Waals surface area contributed by atoms with Crippen molar-refractivity contribution < 1.29 is 4.39 Å². The van der Waals surface area contributed by atoms with Gasteiger partial charge in [-0.15, -0.1) is 11.8 Å². The van der Waals surface area contributed by atoms with E-state index < -0.39 is 0 Å². The predicted octanol–water partition coefficient (Wildman–Crippen LogP) is 4.78. The highest BCUT2D eigenvalue weighted by molar-refractivity contribution is 7.99. The molecule has 1 aromatic rings. The summed E-state index contributed by atoms with van der Waals surface area (Å²) in [6, 6.07) is 6.45. The Morgan fingerprint density at radius 2 is 2.05 bits per heavy atom. The minimum atomic E-state index is -0.0518. The molecule has 110 valence electrons. The van der Waals surface area contributed by atoms with Gasteiger partial charge in [0.1, 0.15) is 5.82 Å². The largest absolute Gasteiger partial charge is 0.307 e. The van der Waals surface area contributed by atoms with E-state index in [1.54, 1.807) is 17.8 Å². The molecule has 1 saturated carbocycles. The topological polar surface area (TPSA) is 12.0 Å². The van der Waals surface area contributed by atoms with Crippen molar-refractivity contribution in [2.45, 2.75) is 56.5 Å². The first-order valence-corrected chi connectivity index (χ1v) is 8.82. The molecule has 3 rings (SSSR count). The fraction of sp³-hybridized carbons (Fsp3) is 0.647. The number of hydrogen-bond acceptors (Lipinski definition) is 2. The molecule has 1 N–H and O–H groups in total. The van der Waals surface area contributed by atoms with Crippen molar-refractivity contribution in [3.05, 3.63) is 29.6 Å². The van der Waals surface area contributed by atoms with E-state index >= 15 is 0 Å². The van der Waals surface area contributed by atoms with Crippen LogP contribution in [0, 0.1) is 17.7 Å². The van der Waals surface area contributed by atoms with Crippen LogP contribution in [0.25, 0.3) is 0 Å². The summed E-state index contributed by atoms with van der Waals surface area (Å²) in [4.78, 5) is 0.868. The maximum absolute atomic E-state index is 13.9. The van der Waals surface area contributed by atoms with Gasteiger partial charge >= 0.3 is 0 Å². The third-order valence-corrected chi connectivity index (χ3v) is 6.31. The van der Waals surface area contributed by atoms with E-state index in [9.17, 15) is 4.39 Å². The molecule has 0 aromatic heterocycles. The van der Waals surface area contributed by atoms with E-state index in [0.717, 1.165) is 28.9 Å².